The van der Waals surface area contributed by atoms with Crippen LogP contribution < -0.4 is 5.73 Å². The van der Waals surface area contributed by atoms with Crippen molar-refractivity contribution in [3.05, 3.63) is 11.1 Å². The van der Waals surface area contributed by atoms with Crippen LogP contribution in [0.1, 0.15) is 32.6 Å². The largest absolute Gasteiger partial charge is 0.369 e. The molecule has 1 aliphatic carbocycles. The molecule has 0 saturated carbocycles. The second-order valence-electron chi connectivity index (χ2n) is 3.15. The van der Waals surface area contributed by atoms with E-state index in [0.29, 0.717) is 6.42 Å². The molecule has 3 nitrogen and oxygen atoms in total. The number of rotatable bonds is 2. The number of primary amides is 1. The SMILES string of the molecule is CC1=C(CC(N)=O)CCCC1=O. The normalized spacial score (nSPS) is 18.2. The summed E-state index contributed by atoms with van der Waals surface area (Å²) in [6.45, 7) is 1.78. The van der Waals surface area contributed by atoms with Gasteiger partial charge < -0.3 is 5.73 Å². The van der Waals surface area contributed by atoms with Gasteiger partial charge in [0.15, 0.2) is 5.78 Å². The molecule has 1 amide bonds. The molecular formula is C9H13NO2. The second-order valence-corrected chi connectivity index (χ2v) is 3.15. The van der Waals surface area contributed by atoms with Gasteiger partial charge in [-0.15, -0.1) is 0 Å². The Morgan fingerprint density at radius 3 is 2.75 bits per heavy atom. The number of hydrogen-bond donors (Lipinski definition) is 1. The van der Waals surface area contributed by atoms with Crippen molar-refractivity contribution in [2.75, 3.05) is 0 Å². The molecule has 0 aromatic rings. The molecule has 0 aromatic heterocycles. The fourth-order valence-electron chi connectivity index (χ4n) is 1.47. The van der Waals surface area contributed by atoms with Crippen LogP contribution in [-0.2, 0) is 9.59 Å². The van der Waals surface area contributed by atoms with Crippen LogP contribution >= 0.6 is 0 Å². The molecule has 0 saturated heterocycles. The summed E-state index contributed by atoms with van der Waals surface area (Å²) in [5.41, 5.74) is 6.73. The lowest BCUT2D eigenvalue weighted by molar-refractivity contribution is -0.117. The van der Waals surface area contributed by atoms with Crippen LogP contribution in [0.3, 0.4) is 0 Å². The monoisotopic (exact) mass is 167 g/mol. The van der Waals surface area contributed by atoms with E-state index in [-0.39, 0.29) is 18.1 Å². The Kier molecular flexibility index (Phi) is 2.63. The smallest absolute Gasteiger partial charge is 0.221 e. The van der Waals surface area contributed by atoms with E-state index >= 15 is 0 Å². The van der Waals surface area contributed by atoms with Crippen molar-refractivity contribution in [2.45, 2.75) is 32.6 Å². The molecule has 0 unspecified atom stereocenters. The van der Waals surface area contributed by atoms with Crippen LogP contribution in [0.25, 0.3) is 0 Å². The maximum absolute atomic E-state index is 11.2. The van der Waals surface area contributed by atoms with Crippen LogP contribution in [0, 0.1) is 0 Å². The van der Waals surface area contributed by atoms with E-state index in [9.17, 15) is 9.59 Å². The van der Waals surface area contributed by atoms with Gasteiger partial charge in [-0.05, 0) is 25.3 Å². The summed E-state index contributed by atoms with van der Waals surface area (Å²) in [6.07, 6.45) is 2.57. The third kappa shape index (κ3) is 1.94. The van der Waals surface area contributed by atoms with Crippen molar-refractivity contribution in [2.24, 2.45) is 5.73 Å². The summed E-state index contributed by atoms with van der Waals surface area (Å²) in [5, 5.41) is 0. The summed E-state index contributed by atoms with van der Waals surface area (Å²) < 4.78 is 0. The Bertz CT molecular complexity index is 253. The summed E-state index contributed by atoms with van der Waals surface area (Å²) in [6, 6.07) is 0. The van der Waals surface area contributed by atoms with Crippen molar-refractivity contribution in [1.82, 2.24) is 0 Å². The van der Waals surface area contributed by atoms with E-state index in [0.717, 1.165) is 24.0 Å². The van der Waals surface area contributed by atoms with E-state index in [1.54, 1.807) is 6.92 Å². The molecule has 0 radical (unpaired) electrons. The number of nitrogens with two attached hydrogens (primary N) is 1. The number of Topliss-reactive ketones (excluding diaryl/α,β-unsaturated/α-hetero) is 1. The minimum Gasteiger partial charge on any atom is -0.369 e. The molecule has 0 spiro atoms. The Labute approximate surface area is 71.6 Å². The standard InChI is InChI=1S/C9H13NO2/c1-6-7(5-9(10)12)3-2-4-8(6)11/h2-5H2,1H3,(H2,10,12). The molecule has 2 N–H and O–H groups in total. The highest BCUT2D eigenvalue weighted by atomic mass is 16.1. The van der Waals surface area contributed by atoms with Gasteiger partial charge in [-0.2, -0.15) is 0 Å². The van der Waals surface area contributed by atoms with Gasteiger partial charge in [0, 0.05) is 12.8 Å². The van der Waals surface area contributed by atoms with Gasteiger partial charge in [-0.3, -0.25) is 9.59 Å². The van der Waals surface area contributed by atoms with Gasteiger partial charge in [0.1, 0.15) is 0 Å². The van der Waals surface area contributed by atoms with E-state index < -0.39 is 0 Å². The zero-order chi connectivity index (χ0) is 9.14. The average Bonchev–Trinajstić information content (AvgIpc) is 1.98. The quantitative estimate of drug-likeness (QED) is 0.665. The molecule has 0 aromatic carbocycles. The summed E-state index contributed by atoms with van der Waals surface area (Å²) >= 11 is 0. The predicted octanol–water partition coefficient (Wildman–Crippen LogP) is 0.931. The number of allylic oxidation sites excluding steroid dienone is 1. The number of ketones is 1. The molecule has 66 valence electrons. The van der Waals surface area contributed by atoms with E-state index in [2.05, 4.69) is 0 Å². The Morgan fingerprint density at radius 1 is 1.50 bits per heavy atom. The molecule has 0 atom stereocenters. The maximum Gasteiger partial charge on any atom is 0.221 e. The molecule has 0 bridgehead atoms. The summed E-state index contributed by atoms with van der Waals surface area (Å²) in [5.74, 6) is -0.184. The van der Waals surface area contributed by atoms with Crippen LogP contribution in [0.5, 0.6) is 0 Å². The van der Waals surface area contributed by atoms with Crippen molar-refractivity contribution in [3.8, 4) is 0 Å². The zero-order valence-electron chi connectivity index (χ0n) is 7.22. The third-order valence-electron chi connectivity index (χ3n) is 2.22. The number of amides is 1. The van der Waals surface area contributed by atoms with Gasteiger partial charge in [0.25, 0.3) is 0 Å². The van der Waals surface area contributed by atoms with E-state index in [4.69, 9.17) is 5.73 Å². The molecular weight excluding hydrogens is 154 g/mol. The van der Waals surface area contributed by atoms with Crippen LogP contribution in [0.15, 0.2) is 11.1 Å². The minimum atomic E-state index is -0.348. The average molecular weight is 167 g/mol. The van der Waals surface area contributed by atoms with E-state index in [1.807, 2.05) is 0 Å². The first-order chi connectivity index (χ1) is 5.61. The first kappa shape index (κ1) is 8.97. The van der Waals surface area contributed by atoms with Gasteiger partial charge in [0.2, 0.25) is 5.91 Å². The maximum atomic E-state index is 11.2. The molecule has 0 fully saturated rings. The first-order valence-electron chi connectivity index (χ1n) is 4.11. The highest BCUT2D eigenvalue weighted by Crippen LogP contribution is 2.23. The molecule has 12 heavy (non-hydrogen) atoms. The van der Waals surface area contributed by atoms with Crippen LogP contribution in [0.2, 0.25) is 0 Å². The van der Waals surface area contributed by atoms with Crippen LogP contribution in [0.4, 0.5) is 0 Å². The third-order valence-corrected chi connectivity index (χ3v) is 2.22. The highest BCUT2D eigenvalue weighted by Gasteiger charge is 2.17. The van der Waals surface area contributed by atoms with Gasteiger partial charge in [-0.1, -0.05) is 5.57 Å². The molecule has 0 aliphatic heterocycles. The number of carbonyl (C=O) groups is 2. The molecule has 1 rings (SSSR count). The Hall–Kier alpha value is -1.12. The number of carbonyl (C=O) groups excluding carboxylic acids is 2. The van der Waals surface area contributed by atoms with Gasteiger partial charge in [-0.25, -0.2) is 0 Å². The second kappa shape index (κ2) is 3.52. The fraction of sp³-hybridized carbons (Fsp3) is 0.556. The summed E-state index contributed by atoms with van der Waals surface area (Å²) in [4.78, 5) is 21.8. The summed E-state index contributed by atoms with van der Waals surface area (Å²) in [7, 11) is 0. The van der Waals surface area contributed by atoms with Crippen LogP contribution in [-0.4, -0.2) is 11.7 Å². The molecule has 0 heterocycles. The lowest BCUT2D eigenvalue weighted by atomic mass is 9.90. The molecule has 3 heteroatoms. The lowest BCUT2D eigenvalue weighted by Crippen LogP contribution is -2.16. The molecule has 1 aliphatic rings. The lowest BCUT2D eigenvalue weighted by Gasteiger charge is -2.14. The van der Waals surface area contributed by atoms with Crippen molar-refractivity contribution in [3.63, 3.8) is 0 Å². The first-order valence-corrected chi connectivity index (χ1v) is 4.11. The van der Waals surface area contributed by atoms with Gasteiger partial charge in [0.05, 0.1) is 0 Å². The predicted molar refractivity (Wildman–Crippen MR) is 45.4 cm³/mol. The van der Waals surface area contributed by atoms with Crippen molar-refractivity contribution < 1.29 is 9.59 Å². The van der Waals surface area contributed by atoms with Crippen molar-refractivity contribution >= 4 is 11.7 Å². The topological polar surface area (TPSA) is 60.2 Å². The minimum absolute atomic E-state index is 0.164. The Morgan fingerprint density at radius 2 is 2.17 bits per heavy atom. The zero-order valence-corrected chi connectivity index (χ0v) is 7.22. The highest BCUT2D eigenvalue weighted by molar-refractivity contribution is 5.97. The van der Waals surface area contributed by atoms with Gasteiger partial charge >= 0.3 is 0 Å². The fourth-order valence-corrected chi connectivity index (χ4v) is 1.47. The Balaban J connectivity index is 2.78. The van der Waals surface area contributed by atoms with E-state index in [1.165, 1.54) is 0 Å². The number of hydrogen-bond acceptors (Lipinski definition) is 2. The van der Waals surface area contributed by atoms with Crippen molar-refractivity contribution in [1.29, 1.82) is 0 Å².